The first-order chi connectivity index (χ1) is 13.5. The van der Waals surface area contributed by atoms with Crippen molar-refractivity contribution in [3.63, 3.8) is 0 Å². The van der Waals surface area contributed by atoms with Crippen molar-refractivity contribution in [2.75, 3.05) is 18.4 Å². The molecule has 1 unspecified atom stereocenters. The van der Waals surface area contributed by atoms with E-state index in [1.54, 1.807) is 23.1 Å². The Labute approximate surface area is 172 Å². The van der Waals surface area contributed by atoms with Crippen LogP contribution in [0.4, 0.5) is 10.5 Å². The van der Waals surface area contributed by atoms with Crippen molar-refractivity contribution < 1.29 is 19.4 Å². The summed E-state index contributed by atoms with van der Waals surface area (Å²) in [7, 11) is 0. The van der Waals surface area contributed by atoms with Crippen LogP contribution in [0.2, 0.25) is 0 Å². The number of hydrogen-bond acceptors (Lipinski definition) is 4. The Kier molecular flexibility index (Phi) is 5.75. The number of benzene rings is 2. The van der Waals surface area contributed by atoms with E-state index in [2.05, 4.69) is 26.1 Å². The topological polar surface area (TPSA) is 71.0 Å². The maximum absolute atomic E-state index is 13.0. The van der Waals surface area contributed by atoms with Crippen LogP contribution in [0.5, 0.6) is 11.5 Å². The number of nitrogens with zero attached hydrogens (tertiary/aromatic N) is 1. The maximum Gasteiger partial charge on any atom is 0.321 e. The molecule has 0 radical (unpaired) electrons. The molecule has 2 N–H and O–H groups in total. The summed E-state index contributed by atoms with van der Waals surface area (Å²) in [6.45, 7) is 10.5. The van der Waals surface area contributed by atoms with Crippen LogP contribution in [0, 0.1) is 5.41 Å². The zero-order valence-corrected chi connectivity index (χ0v) is 17.7. The van der Waals surface area contributed by atoms with Crippen LogP contribution in [-0.4, -0.2) is 34.9 Å². The van der Waals surface area contributed by atoms with Crippen molar-refractivity contribution in [1.29, 1.82) is 0 Å². The maximum atomic E-state index is 13.0. The third-order valence-electron chi connectivity index (χ3n) is 4.44. The summed E-state index contributed by atoms with van der Waals surface area (Å²) < 4.78 is 11.4. The number of fused-ring (bicyclic) bond motifs is 1. The molecule has 0 saturated carbocycles. The molecule has 6 heteroatoms. The summed E-state index contributed by atoms with van der Waals surface area (Å²) >= 11 is 0. The van der Waals surface area contributed by atoms with Gasteiger partial charge >= 0.3 is 6.03 Å². The summed E-state index contributed by atoms with van der Waals surface area (Å²) in [5.74, 6) is 0.529. The number of urea groups is 1. The minimum absolute atomic E-state index is 0.118. The number of carbonyl (C=O) groups excluding carboxylic acids is 1. The van der Waals surface area contributed by atoms with E-state index in [0.717, 1.165) is 5.56 Å². The second kappa shape index (κ2) is 7.95. The molecule has 6 nitrogen and oxygen atoms in total. The lowest BCUT2D eigenvalue weighted by Gasteiger charge is -2.31. The molecule has 3 rings (SSSR count). The van der Waals surface area contributed by atoms with E-state index in [1.165, 1.54) is 0 Å². The summed E-state index contributed by atoms with van der Waals surface area (Å²) in [6, 6.07) is 14.4. The van der Waals surface area contributed by atoms with Gasteiger partial charge in [-0.25, -0.2) is 4.79 Å². The molecule has 156 valence electrons. The molecule has 29 heavy (non-hydrogen) atoms. The molecule has 0 aliphatic carbocycles. The van der Waals surface area contributed by atoms with E-state index in [1.807, 2.05) is 44.2 Å². The van der Waals surface area contributed by atoms with Gasteiger partial charge in [0.25, 0.3) is 0 Å². The molecule has 1 heterocycles. The van der Waals surface area contributed by atoms with Gasteiger partial charge in [-0.1, -0.05) is 51.1 Å². The number of carbonyl (C=O) groups is 1. The fraction of sp³-hybridized carbons (Fsp3) is 0.435. The fourth-order valence-corrected chi connectivity index (χ4v) is 3.28. The van der Waals surface area contributed by atoms with Crippen LogP contribution < -0.4 is 14.8 Å². The molecule has 1 atom stereocenters. The van der Waals surface area contributed by atoms with Gasteiger partial charge < -0.3 is 24.8 Å². The van der Waals surface area contributed by atoms with Gasteiger partial charge in [-0.05, 0) is 23.1 Å². The van der Waals surface area contributed by atoms with Crippen LogP contribution in [0.25, 0.3) is 0 Å². The number of hydrogen-bond donors (Lipinski definition) is 2. The minimum atomic E-state index is -0.762. The Hall–Kier alpha value is -2.73. The zero-order chi connectivity index (χ0) is 21.2. The van der Waals surface area contributed by atoms with Crippen LogP contribution in [0.15, 0.2) is 48.5 Å². The molecule has 0 spiro atoms. The number of aliphatic hydroxyl groups excluding tert-OH is 1. The van der Waals surface area contributed by atoms with Gasteiger partial charge in [-0.2, -0.15) is 0 Å². The van der Waals surface area contributed by atoms with Crippen molar-refractivity contribution in [3.8, 4) is 11.5 Å². The molecule has 0 aromatic heterocycles. The van der Waals surface area contributed by atoms with Crippen LogP contribution in [0.1, 0.15) is 46.3 Å². The molecule has 1 aliphatic heterocycles. The molecular weight excluding hydrogens is 368 g/mol. The summed E-state index contributed by atoms with van der Waals surface area (Å²) in [6.07, 6.45) is -0.762. The van der Waals surface area contributed by atoms with Crippen LogP contribution >= 0.6 is 0 Å². The molecule has 0 bridgehead atoms. The highest BCUT2D eigenvalue weighted by atomic mass is 16.7. The summed E-state index contributed by atoms with van der Waals surface area (Å²) in [4.78, 5) is 14.7. The highest BCUT2D eigenvalue weighted by Gasteiger charge is 2.32. The van der Waals surface area contributed by atoms with E-state index in [4.69, 9.17) is 9.47 Å². The molecule has 2 aromatic carbocycles. The van der Waals surface area contributed by atoms with Gasteiger partial charge in [-0.15, -0.1) is 0 Å². The molecular formula is C23H30N2O4. The van der Waals surface area contributed by atoms with Gasteiger partial charge in [0.2, 0.25) is 5.79 Å². The highest BCUT2D eigenvalue weighted by Crippen LogP contribution is 2.40. The average Bonchev–Trinajstić information content (AvgIpc) is 2.93. The first-order valence-corrected chi connectivity index (χ1v) is 9.83. The Morgan fingerprint density at radius 3 is 2.41 bits per heavy atom. The van der Waals surface area contributed by atoms with Gasteiger partial charge in [0.15, 0.2) is 11.5 Å². The number of ether oxygens (including phenoxy) is 2. The second-order valence-corrected chi connectivity index (χ2v) is 9.06. The average molecular weight is 399 g/mol. The van der Waals surface area contributed by atoms with E-state index >= 15 is 0 Å². The number of amides is 2. The predicted molar refractivity (Wildman–Crippen MR) is 113 cm³/mol. The molecule has 1 aliphatic rings. The van der Waals surface area contributed by atoms with E-state index in [0.29, 0.717) is 23.7 Å². The van der Waals surface area contributed by atoms with Gasteiger partial charge in [-0.3, -0.25) is 0 Å². The molecule has 2 aromatic rings. The van der Waals surface area contributed by atoms with E-state index in [9.17, 15) is 9.90 Å². The smallest absolute Gasteiger partial charge is 0.321 e. The monoisotopic (exact) mass is 398 g/mol. The largest absolute Gasteiger partial charge is 0.449 e. The number of anilines is 1. The normalized spacial score (nSPS) is 15.7. The van der Waals surface area contributed by atoms with Crippen molar-refractivity contribution in [1.82, 2.24) is 4.90 Å². The lowest BCUT2D eigenvalue weighted by atomic mass is 9.95. The van der Waals surface area contributed by atoms with Crippen molar-refractivity contribution >= 4 is 11.7 Å². The van der Waals surface area contributed by atoms with Crippen molar-refractivity contribution in [2.24, 2.45) is 5.41 Å². The Balaban J connectivity index is 1.73. The SMILES string of the molecule is CC(C)(C)CN(CC(O)c1ccccc1)C(=O)Nc1ccc2c(c1)OC(C)(C)O2. The number of rotatable bonds is 5. The van der Waals surface area contributed by atoms with Gasteiger partial charge in [0.1, 0.15) is 0 Å². The zero-order valence-electron chi connectivity index (χ0n) is 17.7. The van der Waals surface area contributed by atoms with Crippen LogP contribution in [0.3, 0.4) is 0 Å². The molecule has 0 fully saturated rings. The Morgan fingerprint density at radius 2 is 1.76 bits per heavy atom. The number of aliphatic hydroxyl groups is 1. The lowest BCUT2D eigenvalue weighted by molar-refractivity contribution is -0.0431. The second-order valence-electron chi connectivity index (χ2n) is 9.06. The first-order valence-electron chi connectivity index (χ1n) is 9.83. The Morgan fingerprint density at radius 1 is 1.10 bits per heavy atom. The van der Waals surface area contributed by atoms with Crippen LogP contribution in [-0.2, 0) is 0 Å². The first kappa shape index (κ1) is 21.0. The third kappa shape index (κ3) is 5.64. The van der Waals surface area contributed by atoms with E-state index in [-0.39, 0.29) is 18.0 Å². The molecule has 2 amide bonds. The highest BCUT2D eigenvalue weighted by molar-refractivity contribution is 5.89. The van der Waals surface area contributed by atoms with Crippen molar-refractivity contribution in [3.05, 3.63) is 54.1 Å². The van der Waals surface area contributed by atoms with Gasteiger partial charge in [0.05, 0.1) is 12.6 Å². The van der Waals surface area contributed by atoms with Gasteiger partial charge in [0, 0.05) is 32.1 Å². The number of nitrogens with one attached hydrogen (secondary N) is 1. The molecule has 0 saturated heterocycles. The van der Waals surface area contributed by atoms with E-state index < -0.39 is 11.9 Å². The Bertz CT molecular complexity index is 859. The quantitative estimate of drug-likeness (QED) is 0.758. The minimum Gasteiger partial charge on any atom is -0.449 e. The summed E-state index contributed by atoms with van der Waals surface area (Å²) in [5.41, 5.74) is 1.28. The lowest BCUT2D eigenvalue weighted by Crippen LogP contribution is -2.42. The predicted octanol–water partition coefficient (Wildman–Crippen LogP) is 4.81. The van der Waals surface area contributed by atoms with Crippen molar-refractivity contribution in [2.45, 2.75) is 46.5 Å². The standard InChI is InChI=1S/C23H30N2O4/c1-22(2,3)15-25(14-18(26)16-9-7-6-8-10-16)21(27)24-17-11-12-19-20(13-17)29-23(4,5)28-19/h6-13,18,26H,14-15H2,1-5H3,(H,24,27). The third-order valence-corrected chi connectivity index (χ3v) is 4.44. The fourth-order valence-electron chi connectivity index (χ4n) is 3.28. The summed E-state index contributed by atoms with van der Waals surface area (Å²) in [5, 5.41) is 13.5.